The number of Topliss-reactive ketones (excluding diaryl/α,β-unsaturated/α-hetero) is 1. The van der Waals surface area contributed by atoms with Crippen molar-refractivity contribution >= 4 is 17.2 Å². The zero-order valence-corrected chi connectivity index (χ0v) is 11.5. The SMILES string of the molecule is O=C(COc1ccc([N+](=O)[O-])c([N+](=O)[O-])c1)c1ccc(O)cc1. The number of phenols is 1. The molecule has 0 saturated carbocycles. The van der Waals surface area contributed by atoms with Gasteiger partial charge in [-0.15, -0.1) is 0 Å². The lowest BCUT2D eigenvalue weighted by molar-refractivity contribution is -0.422. The fourth-order valence-corrected chi connectivity index (χ4v) is 1.77. The predicted octanol–water partition coefficient (Wildman–Crippen LogP) is 2.47. The van der Waals surface area contributed by atoms with Crippen LogP contribution < -0.4 is 4.74 Å². The highest BCUT2D eigenvalue weighted by Gasteiger charge is 2.24. The number of phenolic OH excluding ortho intramolecular Hbond substituents is 1. The average molecular weight is 318 g/mol. The molecule has 0 heterocycles. The summed E-state index contributed by atoms with van der Waals surface area (Å²) in [7, 11) is 0. The Kier molecular flexibility index (Phi) is 4.50. The van der Waals surface area contributed by atoms with Crippen LogP contribution in [0.25, 0.3) is 0 Å². The second-order valence-corrected chi connectivity index (χ2v) is 4.42. The Morgan fingerprint density at radius 1 is 1.00 bits per heavy atom. The Morgan fingerprint density at radius 2 is 1.61 bits per heavy atom. The molecule has 2 aromatic rings. The number of carbonyl (C=O) groups is 1. The van der Waals surface area contributed by atoms with Gasteiger partial charge in [-0.1, -0.05) is 0 Å². The molecule has 118 valence electrons. The van der Waals surface area contributed by atoms with Gasteiger partial charge in [-0.3, -0.25) is 25.0 Å². The second-order valence-electron chi connectivity index (χ2n) is 4.42. The molecule has 0 fully saturated rings. The summed E-state index contributed by atoms with van der Waals surface area (Å²) >= 11 is 0. The van der Waals surface area contributed by atoms with Gasteiger partial charge in [-0.25, -0.2) is 0 Å². The molecule has 0 aliphatic heterocycles. The zero-order chi connectivity index (χ0) is 17.0. The van der Waals surface area contributed by atoms with Gasteiger partial charge >= 0.3 is 11.4 Å². The molecule has 9 nitrogen and oxygen atoms in total. The summed E-state index contributed by atoms with van der Waals surface area (Å²) in [5, 5.41) is 30.7. The van der Waals surface area contributed by atoms with E-state index in [2.05, 4.69) is 0 Å². The van der Waals surface area contributed by atoms with E-state index in [0.717, 1.165) is 12.1 Å². The van der Waals surface area contributed by atoms with Crippen LogP contribution in [-0.2, 0) is 0 Å². The number of nitrogens with zero attached hydrogens (tertiary/aromatic N) is 2. The van der Waals surface area contributed by atoms with E-state index < -0.39 is 33.6 Å². The first-order valence-corrected chi connectivity index (χ1v) is 6.26. The third-order valence-electron chi connectivity index (χ3n) is 2.90. The summed E-state index contributed by atoms with van der Waals surface area (Å²) in [5.74, 6) is -0.436. The lowest BCUT2D eigenvalue weighted by Gasteiger charge is -2.06. The summed E-state index contributed by atoms with van der Waals surface area (Å²) in [4.78, 5) is 31.6. The van der Waals surface area contributed by atoms with Gasteiger partial charge < -0.3 is 9.84 Å². The largest absolute Gasteiger partial charge is 0.508 e. The molecule has 2 rings (SSSR count). The van der Waals surface area contributed by atoms with E-state index in [1.165, 1.54) is 30.3 Å². The monoisotopic (exact) mass is 318 g/mol. The van der Waals surface area contributed by atoms with Crippen molar-refractivity contribution in [1.82, 2.24) is 0 Å². The van der Waals surface area contributed by atoms with Crippen molar-refractivity contribution < 1.29 is 24.5 Å². The first-order valence-electron chi connectivity index (χ1n) is 6.26. The molecule has 9 heteroatoms. The van der Waals surface area contributed by atoms with E-state index in [9.17, 15) is 25.0 Å². The minimum atomic E-state index is -0.896. The van der Waals surface area contributed by atoms with Crippen LogP contribution in [0.5, 0.6) is 11.5 Å². The summed E-state index contributed by atoms with van der Waals surface area (Å²) in [5.41, 5.74) is -1.09. The Bertz CT molecular complexity index is 771. The van der Waals surface area contributed by atoms with Crippen molar-refractivity contribution in [3.8, 4) is 11.5 Å². The first-order chi connectivity index (χ1) is 10.9. The zero-order valence-electron chi connectivity index (χ0n) is 11.5. The van der Waals surface area contributed by atoms with Gasteiger partial charge in [-0.05, 0) is 30.3 Å². The minimum Gasteiger partial charge on any atom is -0.508 e. The van der Waals surface area contributed by atoms with E-state index >= 15 is 0 Å². The van der Waals surface area contributed by atoms with Crippen molar-refractivity contribution in [3.05, 3.63) is 68.3 Å². The summed E-state index contributed by atoms with van der Waals surface area (Å²) < 4.78 is 5.14. The normalized spacial score (nSPS) is 10.1. The van der Waals surface area contributed by atoms with Crippen LogP contribution in [0.2, 0.25) is 0 Å². The number of benzene rings is 2. The second kappa shape index (κ2) is 6.52. The lowest BCUT2D eigenvalue weighted by Crippen LogP contribution is -2.11. The van der Waals surface area contributed by atoms with E-state index in [-0.39, 0.29) is 11.5 Å². The van der Waals surface area contributed by atoms with E-state index in [0.29, 0.717) is 5.56 Å². The first kappa shape index (κ1) is 15.9. The number of aromatic hydroxyl groups is 1. The summed E-state index contributed by atoms with van der Waals surface area (Å²) in [6.07, 6.45) is 0. The smallest absolute Gasteiger partial charge is 0.349 e. The van der Waals surface area contributed by atoms with Crippen LogP contribution in [0.4, 0.5) is 11.4 Å². The Hall–Kier alpha value is -3.49. The molecule has 2 aromatic carbocycles. The Morgan fingerprint density at radius 3 is 2.17 bits per heavy atom. The number of nitro benzene ring substituents is 2. The highest BCUT2D eigenvalue weighted by atomic mass is 16.6. The van der Waals surface area contributed by atoms with Gasteiger partial charge in [0.25, 0.3) is 0 Å². The summed E-state index contributed by atoms with van der Waals surface area (Å²) in [6, 6.07) is 8.49. The quantitative estimate of drug-likeness (QED) is 0.491. The Balaban J connectivity index is 2.13. The maximum atomic E-state index is 11.9. The maximum Gasteiger partial charge on any atom is 0.349 e. The molecular formula is C14H10N2O7. The van der Waals surface area contributed by atoms with Crippen molar-refractivity contribution in [1.29, 1.82) is 0 Å². The maximum absolute atomic E-state index is 11.9. The van der Waals surface area contributed by atoms with Crippen LogP contribution in [0.15, 0.2) is 42.5 Å². The van der Waals surface area contributed by atoms with Crippen molar-refractivity contribution in [2.24, 2.45) is 0 Å². The molecular weight excluding hydrogens is 308 g/mol. The van der Waals surface area contributed by atoms with Crippen LogP contribution in [0, 0.1) is 20.2 Å². The van der Waals surface area contributed by atoms with Crippen molar-refractivity contribution in [3.63, 3.8) is 0 Å². The minimum absolute atomic E-state index is 0.00784. The number of hydrogen-bond acceptors (Lipinski definition) is 7. The van der Waals surface area contributed by atoms with Crippen LogP contribution in [0.1, 0.15) is 10.4 Å². The fourth-order valence-electron chi connectivity index (χ4n) is 1.77. The molecule has 1 N–H and O–H groups in total. The highest BCUT2D eigenvalue weighted by molar-refractivity contribution is 5.97. The molecule has 0 amide bonds. The predicted molar refractivity (Wildman–Crippen MR) is 77.7 cm³/mol. The lowest BCUT2D eigenvalue weighted by atomic mass is 10.1. The van der Waals surface area contributed by atoms with Crippen molar-refractivity contribution in [2.45, 2.75) is 0 Å². The van der Waals surface area contributed by atoms with Gasteiger partial charge in [-0.2, -0.15) is 0 Å². The van der Waals surface area contributed by atoms with Gasteiger partial charge in [0.1, 0.15) is 11.5 Å². The molecule has 23 heavy (non-hydrogen) atoms. The number of rotatable bonds is 6. The molecule has 0 unspecified atom stereocenters. The van der Waals surface area contributed by atoms with Crippen molar-refractivity contribution in [2.75, 3.05) is 6.61 Å². The third-order valence-corrected chi connectivity index (χ3v) is 2.90. The molecule has 0 atom stereocenters. The third kappa shape index (κ3) is 3.79. The van der Waals surface area contributed by atoms with Crippen LogP contribution in [0.3, 0.4) is 0 Å². The molecule has 0 bridgehead atoms. The van der Waals surface area contributed by atoms with E-state index in [1.54, 1.807) is 0 Å². The molecule has 0 aliphatic rings. The van der Waals surface area contributed by atoms with Crippen LogP contribution >= 0.6 is 0 Å². The molecule has 0 radical (unpaired) electrons. The standard InChI is InChI=1S/C14H10N2O7/c17-10-3-1-9(2-4-10)14(18)8-23-11-5-6-12(15(19)20)13(7-11)16(21)22/h1-7,17H,8H2. The number of ketones is 1. The average Bonchev–Trinajstić information content (AvgIpc) is 2.52. The number of ether oxygens (including phenoxy) is 1. The van der Waals surface area contributed by atoms with Gasteiger partial charge in [0.05, 0.1) is 15.9 Å². The van der Waals surface area contributed by atoms with Gasteiger partial charge in [0, 0.05) is 11.6 Å². The molecule has 0 saturated heterocycles. The number of nitro groups is 2. The van der Waals surface area contributed by atoms with E-state index in [4.69, 9.17) is 9.84 Å². The van der Waals surface area contributed by atoms with Crippen LogP contribution in [-0.4, -0.2) is 27.3 Å². The molecule has 0 aliphatic carbocycles. The number of carbonyl (C=O) groups excluding carboxylic acids is 1. The summed E-state index contributed by atoms with van der Waals surface area (Å²) in [6.45, 7) is -0.403. The van der Waals surface area contributed by atoms with Gasteiger partial charge in [0.2, 0.25) is 0 Å². The fraction of sp³-hybridized carbons (Fsp3) is 0.0714. The highest BCUT2D eigenvalue weighted by Crippen LogP contribution is 2.30. The number of hydrogen-bond donors (Lipinski definition) is 1. The molecule has 0 spiro atoms. The molecule has 0 aromatic heterocycles. The van der Waals surface area contributed by atoms with E-state index in [1.807, 2.05) is 0 Å². The van der Waals surface area contributed by atoms with Gasteiger partial charge in [0.15, 0.2) is 12.4 Å². The topological polar surface area (TPSA) is 133 Å². The Labute approximate surface area is 129 Å².